The third-order valence-corrected chi connectivity index (χ3v) is 0.475. The molecule has 0 radical (unpaired) electrons. The second-order valence-electron chi connectivity index (χ2n) is 0.712. The molecule has 0 heterocycles. The van der Waals surface area contributed by atoms with Crippen LogP contribution in [0.5, 0.6) is 0 Å². The average molecular weight is 108 g/mol. The Morgan fingerprint density at radius 2 is 2.33 bits per heavy atom. The maximum atomic E-state index is 4.41. The van der Waals surface area contributed by atoms with Crippen LogP contribution in [0, 0.1) is 0 Å². The summed E-state index contributed by atoms with van der Waals surface area (Å²) in [6.07, 6.45) is 0. The summed E-state index contributed by atoms with van der Waals surface area (Å²) in [5.41, 5.74) is 0. The van der Waals surface area contributed by atoms with Crippen molar-refractivity contribution in [2.75, 3.05) is 19.5 Å². The molecule has 0 saturated carbocycles. The highest BCUT2D eigenvalue weighted by molar-refractivity contribution is 7.80. The highest BCUT2D eigenvalue weighted by Crippen LogP contribution is 1.74. The van der Waals surface area contributed by atoms with Crippen molar-refractivity contribution in [3.63, 3.8) is 0 Å². The second-order valence-corrected chi connectivity index (χ2v) is 1.16. The van der Waals surface area contributed by atoms with E-state index >= 15 is 0 Å². The summed E-state index contributed by atoms with van der Waals surface area (Å²) in [5, 5.41) is 0. The van der Waals surface area contributed by atoms with Gasteiger partial charge in [0.05, 0.1) is 13.7 Å². The van der Waals surface area contributed by atoms with Crippen LogP contribution in [0.2, 0.25) is 0 Å². The SMILES string of the molecule is COOCCS. The second kappa shape index (κ2) is 5.27. The third-order valence-electron chi connectivity index (χ3n) is 0.292. The van der Waals surface area contributed by atoms with Crippen molar-refractivity contribution in [3.8, 4) is 0 Å². The van der Waals surface area contributed by atoms with E-state index in [1.54, 1.807) is 0 Å². The van der Waals surface area contributed by atoms with E-state index in [4.69, 9.17) is 0 Å². The number of rotatable bonds is 3. The largest absolute Gasteiger partial charge is 0.240 e. The number of hydrogen-bond donors (Lipinski definition) is 1. The smallest absolute Gasteiger partial charge is 0.0910 e. The van der Waals surface area contributed by atoms with Crippen molar-refractivity contribution in [1.82, 2.24) is 0 Å². The third kappa shape index (κ3) is 4.27. The fourth-order valence-electron chi connectivity index (χ4n) is 0.121. The van der Waals surface area contributed by atoms with Crippen LogP contribution in [0.1, 0.15) is 0 Å². The Kier molecular flexibility index (Phi) is 5.51. The van der Waals surface area contributed by atoms with Crippen LogP contribution in [0.25, 0.3) is 0 Å². The first-order valence-electron chi connectivity index (χ1n) is 1.68. The topological polar surface area (TPSA) is 18.5 Å². The maximum Gasteiger partial charge on any atom is 0.0910 e. The minimum Gasteiger partial charge on any atom is -0.240 e. The zero-order valence-electron chi connectivity index (χ0n) is 3.68. The summed E-state index contributed by atoms with van der Waals surface area (Å²) in [5.74, 6) is 0.702. The van der Waals surface area contributed by atoms with Crippen molar-refractivity contribution >= 4 is 12.6 Å². The number of thiol groups is 1. The lowest BCUT2D eigenvalue weighted by atomic mass is 10.9. The molecule has 0 amide bonds. The highest BCUT2D eigenvalue weighted by Gasteiger charge is 1.74. The molecule has 0 N–H and O–H groups in total. The van der Waals surface area contributed by atoms with E-state index in [1.807, 2.05) is 0 Å². The maximum absolute atomic E-state index is 4.41. The minimum atomic E-state index is 0.555. The zero-order valence-corrected chi connectivity index (χ0v) is 4.57. The van der Waals surface area contributed by atoms with Crippen molar-refractivity contribution in [1.29, 1.82) is 0 Å². The lowest BCUT2D eigenvalue weighted by Crippen LogP contribution is -1.91. The van der Waals surface area contributed by atoms with Crippen molar-refractivity contribution < 1.29 is 9.78 Å². The van der Waals surface area contributed by atoms with Crippen molar-refractivity contribution in [3.05, 3.63) is 0 Å². The van der Waals surface area contributed by atoms with Crippen LogP contribution in [0.15, 0.2) is 0 Å². The predicted molar refractivity (Wildman–Crippen MR) is 26.8 cm³/mol. The molecular weight excluding hydrogens is 100 g/mol. The first kappa shape index (κ1) is 6.27. The van der Waals surface area contributed by atoms with Gasteiger partial charge in [-0.15, -0.1) is 0 Å². The fraction of sp³-hybridized carbons (Fsp3) is 1.00. The Hall–Kier alpha value is 0.270. The molecule has 2 nitrogen and oxygen atoms in total. The molecular formula is C3H8O2S. The Morgan fingerprint density at radius 3 is 2.50 bits per heavy atom. The molecule has 6 heavy (non-hydrogen) atoms. The molecule has 0 aromatic rings. The van der Waals surface area contributed by atoms with Crippen LogP contribution in [0.4, 0.5) is 0 Å². The summed E-state index contributed by atoms with van der Waals surface area (Å²) in [7, 11) is 1.48. The van der Waals surface area contributed by atoms with Gasteiger partial charge in [0, 0.05) is 5.75 Å². The van der Waals surface area contributed by atoms with Gasteiger partial charge in [0.25, 0.3) is 0 Å². The molecule has 0 aromatic carbocycles. The predicted octanol–water partition coefficient (Wildman–Crippen LogP) is 0.494. The lowest BCUT2D eigenvalue weighted by Gasteiger charge is -1.90. The van der Waals surface area contributed by atoms with Crippen molar-refractivity contribution in [2.24, 2.45) is 0 Å². The van der Waals surface area contributed by atoms with E-state index in [0.717, 1.165) is 0 Å². The van der Waals surface area contributed by atoms with Gasteiger partial charge in [0.15, 0.2) is 0 Å². The standard InChI is InChI=1S/C3H8O2S/c1-4-5-2-3-6/h6H,2-3H2,1H3. The van der Waals surface area contributed by atoms with Gasteiger partial charge in [-0.25, -0.2) is 9.78 Å². The van der Waals surface area contributed by atoms with Crippen LogP contribution in [0.3, 0.4) is 0 Å². The summed E-state index contributed by atoms with van der Waals surface area (Å²) in [4.78, 5) is 8.64. The summed E-state index contributed by atoms with van der Waals surface area (Å²) in [6.45, 7) is 0.555. The molecule has 0 unspecified atom stereocenters. The Bertz CT molecular complexity index is 20.8. The molecule has 0 atom stereocenters. The van der Waals surface area contributed by atoms with Crippen LogP contribution in [-0.2, 0) is 9.78 Å². The quantitative estimate of drug-likeness (QED) is 0.245. The molecule has 0 aliphatic rings. The van der Waals surface area contributed by atoms with Gasteiger partial charge in [-0.3, -0.25) is 0 Å². The average Bonchev–Trinajstić information content (AvgIpc) is 1.61. The van der Waals surface area contributed by atoms with Gasteiger partial charge in [-0.05, 0) is 0 Å². The number of hydrogen-bond acceptors (Lipinski definition) is 3. The molecule has 0 aromatic heterocycles. The minimum absolute atomic E-state index is 0.555. The summed E-state index contributed by atoms with van der Waals surface area (Å²) >= 11 is 3.85. The Morgan fingerprint density at radius 1 is 1.67 bits per heavy atom. The lowest BCUT2D eigenvalue weighted by molar-refractivity contribution is -0.267. The molecule has 0 fully saturated rings. The van der Waals surface area contributed by atoms with Gasteiger partial charge >= 0.3 is 0 Å². The Balaban J connectivity index is 2.34. The van der Waals surface area contributed by atoms with Crippen LogP contribution >= 0.6 is 12.6 Å². The zero-order chi connectivity index (χ0) is 4.83. The van der Waals surface area contributed by atoms with Gasteiger partial charge in [-0.1, -0.05) is 0 Å². The molecule has 0 aliphatic heterocycles. The van der Waals surface area contributed by atoms with E-state index in [0.29, 0.717) is 12.4 Å². The van der Waals surface area contributed by atoms with Crippen LogP contribution in [-0.4, -0.2) is 19.5 Å². The molecule has 0 spiro atoms. The Labute approximate surface area is 42.8 Å². The van der Waals surface area contributed by atoms with Gasteiger partial charge in [-0.2, -0.15) is 12.6 Å². The molecule has 3 heteroatoms. The normalized spacial score (nSPS) is 9.00. The van der Waals surface area contributed by atoms with Crippen molar-refractivity contribution in [2.45, 2.75) is 0 Å². The fourth-order valence-corrected chi connectivity index (χ4v) is 0.195. The molecule has 0 bridgehead atoms. The van der Waals surface area contributed by atoms with Gasteiger partial charge in [0.2, 0.25) is 0 Å². The van der Waals surface area contributed by atoms with E-state index in [1.165, 1.54) is 7.11 Å². The summed E-state index contributed by atoms with van der Waals surface area (Å²) < 4.78 is 0. The van der Waals surface area contributed by atoms with E-state index in [9.17, 15) is 0 Å². The van der Waals surface area contributed by atoms with Gasteiger partial charge < -0.3 is 0 Å². The molecule has 0 rings (SSSR count). The monoisotopic (exact) mass is 108 g/mol. The van der Waals surface area contributed by atoms with E-state index in [2.05, 4.69) is 22.4 Å². The van der Waals surface area contributed by atoms with Crippen LogP contribution < -0.4 is 0 Å². The molecule has 0 saturated heterocycles. The van der Waals surface area contributed by atoms with Gasteiger partial charge in [0.1, 0.15) is 0 Å². The molecule has 0 aliphatic carbocycles. The highest BCUT2D eigenvalue weighted by atomic mass is 32.1. The first-order valence-corrected chi connectivity index (χ1v) is 2.31. The first-order chi connectivity index (χ1) is 2.91. The summed E-state index contributed by atoms with van der Waals surface area (Å²) in [6, 6.07) is 0. The van der Waals surface area contributed by atoms with E-state index in [-0.39, 0.29) is 0 Å². The molecule has 38 valence electrons. The van der Waals surface area contributed by atoms with E-state index < -0.39 is 0 Å².